The van der Waals surface area contributed by atoms with Crippen LogP contribution in [0.15, 0.2) is 54.9 Å². The van der Waals surface area contributed by atoms with Gasteiger partial charge in [-0.25, -0.2) is 4.79 Å². The van der Waals surface area contributed by atoms with Crippen LogP contribution in [0.4, 0.5) is 4.79 Å². The molecule has 4 heterocycles. The summed E-state index contributed by atoms with van der Waals surface area (Å²) in [6.45, 7) is 3.27. The number of hydrogen-bond acceptors (Lipinski definition) is 5. The quantitative estimate of drug-likeness (QED) is 0.727. The van der Waals surface area contributed by atoms with Gasteiger partial charge in [0.2, 0.25) is 0 Å². The molecule has 3 aliphatic rings. The fraction of sp³-hybridized carbons (Fsp3) is 0.440. The molecule has 5 rings (SSSR count). The first kappa shape index (κ1) is 21.6. The SMILES string of the molecule is O=C(c1ccccc1)N1CCC2(CC1)NC(=O)N(C1CCCN(Cc3cccnc3)C1)C2=O. The molecule has 1 N–H and O–H groups in total. The molecular weight excluding hydrogens is 418 g/mol. The highest BCUT2D eigenvalue weighted by Crippen LogP contribution is 2.33. The molecule has 4 amide bonds. The second-order valence-electron chi connectivity index (χ2n) is 9.24. The third-order valence-electron chi connectivity index (χ3n) is 7.09. The van der Waals surface area contributed by atoms with Gasteiger partial charge in [0.1, 0.15) is 5.54 Å². The second kappa shape index (κ2) is 8.94. The summed E-state index contributed by atoms with van der Waals surface area (Å²) in [5.74, 6) is -0.162. The smallest absolute Gasteiger partial charge is 0.325 e. The molecule has 3 aliphatic heterocycles. The third kappa shape index (κ3) is 4.23. The first-order valence-corrected chi connectivity index (χ1v) is 11.7. The fourth-order valence-electron chi connectivity index (χ4n) is 5.30. The van der Waals surface area contributed by atoms with Crippen molar-refractivity contribution in [2.45, 2.75) is 43.8 Å². The van der Waals surface area contributed by atoms with E-state index in [4.69, 9.17) is 0 Å². The molecule has 33 heavy (non-hydrogen) atoms. The van der Waals surface area contributed by atoms with Gasteiger partial charge in [-0.05, 0) is 56.0 Å². The lowest BCUT2D eigenvalue weighted by molar-refractivity contribution is -0.135. The van der Waals surface area contributed by atoms with Crippen molar-refractivity contribution < 1.29 is 14.4 Å². The van der Waals surface area contributed by atoms with Gasteiger partial charge in [-0.15, -0.1) is 0 Å². The van der Waals surface area contributed by atoms with Crippen LogP contribution in [-0.2, 0) is 11.3 Å². The number of benzene rings is 1. The molecule has 8 nitrogen and oxygen atoms in total. The highest BCUT2D eigenvalue weighted by molar-refractivity contribution is 6.07. The number of piperidine rings is 2. The van der Waals surface area contributed by atoms with Gasteiger partial charge in [0.15, 0.2) is 0 Å². The van der Waals surface area contributed by atoms with Crippen LogP contribution < -0.4 is 5.32 Å². The molecule has 3 fully saturated rings. The summed E-state index contributed by atoms with van der Waals surface area (Å²) in [5.41, 5.74) is 0.881. The lowest BCUT2D eigenvalue weighted by Gasteiger charge is -2.39. The topological polar surface area (TPSA) is 85.8 Å². The molecular formula is C25H29N5O3. The molecule has 0 bridgehead atoms. The maximum absolute atomic E-state index is 13.5. The van der Waals surface area contributed by atoms with Gasteiger partial charge < -0.3 is 10.2 Å². The van der Waals surface area contributed by atoms with E-state index < -0.39 is 5.54 Å². The molecule has 0 radical (unpaired) electrons. The molecule has 8 heteroatoms. The predicted molar refractivity (Wildman–Crippen MR) is 122 cm³/mol. The molecule has 2 aromatic rings. The van der Waals surface area contributed by atoms with Gasteiger partial charge in [-0.2, -0.15) is 0 Å². The molecule has 1 unspecified atom stereocenters. The van der Waals surface area contributed by atoms with Crippen molar-refractivity contribution in [3.63, 3.8) is 0 Å². The summed E-state index contributed by atoms with van der Waals surface area (Å²) in [6.07, 6.45) is 6.26. The van der Waals surface area contributed by atoms with Crippen molar-refractivity contribution in [2.75, 3.05) is 26.2 Å². The number of likely N-dealkylation sites (tertiary alicyclic amines) is 2. The summed E-state index contributed by atoms with van der Waals surface area (Å²) < 4.78 is 0. The second-order valence-corrected chi connectivity index (χ2v) is 9.24. The molecule has 1 aromatic heterocycles. The predicted octanol–water partition coefficient (Wildman–Crippen LogP) is 2.27. The minimum absolute atomic E-state index is 0.0302. The average Bonchev–Trinajstić information content (AvgIpc) is 3.09. The van der Waals surface area contributed by atoms with Crippen LogP contribution in [0.2, 0.25) is 0 Å². The van der Waals surface area contributed by atoms with Crippen molar-refractivity contribution in [3.05, 3.63) is 66.0 Å². The summed E-state index contributed by atoms with van der Waals surface area (Å²) in [7, 11) is 0. The zero-order chi connectivity index (χ0) is 22.8. The van der Waals surface area contributed by atoms with E-state index >= 15 is 0 Å². The number of carbonyl (C=O) groups excluding carboxylic acids is 3. The Morgan fingerprint density at radius 2 is 1.85 bits per heavy atom. The number of imide groups is 1. The number of hydrogen-bond donors (Lipinski definition) is 1. The Morgan fingerprint density at radius 1 is 1.06 bits per heavy atom. The Morgan fingerprint density at radius 3 is 2.58 bits per heavy atom. The van der Waals surface area contributed by atoms with Crippen LogP contribution in [0, 0.1) is 0 Å². The number of rotatable bonds is 4. The average molecular weight is 448 g/mol. The minimum Gasteiger partial charge on any atom is -0.338 e. The Hall–Kier alpha value is -3.26. The van der Waals surface area contributed by atoms with Gasteiger partial charge in [0.25, 0.3) is 11.8 Å². The van der Waals surface area contributed by atoms with E-state index in [9.17, 15) is 14.4 Å². The first-order valence-electron chi connectivity index (χ1n) is 11.7. The van der Waals surface area contributed by atoms with E-state index in [2.05, 4.69) is 15.2 Å². The van der Waals surface area contributed by atoms with Crippen LogP contribution in [0.25, 0.3) is 0 Å². The molecule has 172 valence electrons. The van der Waals surface area contributed by atoms with Gasteiger partial charge in [-0.3, -0.25) is 24.4 Å². The molecule has 0 aliphatic carbocycles. The van der Waals surface area contributed by atoms with Crippen molar-refractivity contribution in [3.8, 4) is 0 Å². The molecule has 3 saturated heterocycles. The number of nitrogens with one attached hydrogen (secondary N) is 1. The van der Waals surface area contributed by atoms with Crippen LogP contribution in [0.1, 0.15) is 41.6 Å². The number of nitrogens with zero attached hydrogens (tertiary/aromatic N) is 4. The van der Waals surface area contributed by atoms with E-state index in [1.165, 1.54) is 4.90 Å². The van der Waals surface area contributed by atoms with Crippen molar-refractivity contribution in [1.29, 1.82) is 0 Å². The standard InChI is InChI=1S/C25H29N5O3/c31-22(20-7-2-1-3-8-20)29-14-10-25(11-15-29)23(32)30(24(33)27-25)21-9-5-13-28(18-21)17-19-6-4-12-26-16-19/h1-4,6-8,12,16,21H,5,9-11,13-15,17-18H2,(H,27,33). The summed E-state index contributed by atoms with van der Waals surface area (Å²) in [6, 6.07) is 12.7. The van der Waals surface area contributed by atoms with Gasteiger partial charge in [-0.1, -0.05) is 24.3 Å². The fourth-order valence-corrected chi connectivity index (χ4v) is 5.30. The Labute approximate surface area is 193 Å². The molecule has 0 saturated carbocycles. The number of amides is 4. The maximum atomic E-state index is 13.5. The van der Waals surface area contributed by atoms with E-state index in [0.29, 0.717) is 38.0 Å². The van der Waals surface area contributed by atoms with E-state index in [0.717, 1.165) is 31.5 Å². The van der Waals surface area contributed by atoms with Crippen molar-refractivity contribution >= 4 is 17.8 Å². The van der Waals surface area contributed by atoms with Crippen molar-refractivity contribution in [2.24, 2.45) is 0 Å². The number of aromatic nitrogens is 1. The molecule has 1 atom stereocenters. The van der Waals surface area contributed by atoms with E-state index in [1.807, 2.05) is 36.5 Å². The van der Waals surface area contributed by atoms with Gasteiger partial charge in [0.05, 0.1) is 6.04 Å². The van der Waals surface area contributed by atoms with Gasteiger partial charge in [0, 0.05) is 44.1 Å². The summed E-state index contributed by atoms with van der Waals surface area (Å²) in [5, 5.41) is 3.00. The van der Waals surface area contributed by atoms with Crippen molar-refractivity contribution in [1.82, 2.24) is 25.0 Å². The van der Waals surface area contributed by atoms with Crippen LogP contribution in [-0.4, -0.2) is 75.3 Å². The number of urea groups is 1. The third-order valence-corrected chi connectivity index (χ3v) is 7.09. The zero-order valence-corrected chi connectivity index (χ0v) is 18.7. The lowest BCUT2D eigenvalue weighted by atomic mass is 9.86. The Bertz CT molecular complexity index is 1020. The maximum Gasteiger partial charge on any atom is 0.325 e. The molecule has 1 spiro atoms. The summed E-state index contributed by atoms with van der Waals surface area (Å²) in [4.78, 5) is 48.9. The van der Waals surface area contributed by atoms with Crippen LogP contribution in [0.5, 0.6) is 0 Å². The zero-order valence-electron chi connectivity index (χ0n) is 18.7. The van der Waals surface area contributed by atoms with Crippen LogP contribution >= 0.6 is 0 Å². The first-order chi connectivity index (χ1) is 16.1. The number of pyridine rings is 1. The normalized spacial score (nSPS) is 23.1. The van der Waals surface area contributed by atoms with E-state index in [1.54, 1.807) is 23.2 Å². The summed E-state index contributed by atoms with van der Waals surface area (Å²) >= 11 is 0. The molecule has 1 aromatic carbocycles. The van der Waals surface area contributed by atoms with Gasteiger partial charge >= 0.3 is 6.03 Å². The minimum atomic E-state index is -0.893. The largest absolute Gasteiger partial charge is 0.338 e. The highest BCUT2D eigenvalue weighted by atomic mass is 16.2. The number of carbonyl (C=O) groups is 3. The highest BCUT2D eigenvalue weighted by Gasteiger charge is 2.54. The van der Waals surface area contributed by atoms with Crippen LogP contribution in [0.3, 0.4) is 0 Å². The lowest BCUT2D eigenvalue weighted by Crippen LogP contribution is -2.56. The Kier molecular flexibility index (Phi) is 5.85. The Balaban J connectivity index is 1.23. The monoisotopic (exact) mass is 447 g/mol. The van der Waals surface area contributed by atoms with E-state index in [-0.39, 0.29) is 23.9 Å².